The van der Waals surface area contributed by atoms with Crippen LogP contribution in [0.3, 0.4) is 0 Å². The number of aryl methyl sites for hydroxylation is 1. The number of esters is 1. The zero-order chi connectivity index (χ0) is 12.8. The van der Waals surface area contributed by atoms with E-state index in [1.165, 1.54) is 7.11 Å². The van der Waals surface area contributed by atoms with Gasteiger partial charge in [0.1, 0.15) is 6.04 Å². The molecule has 1 aromatic heterocycles. The molecule has 1 aromatic rings. The minimum Gasteiger partial charge on any atom is -0.468 e. The average molecular weight is 236 g/mol. The fraction of sp³-hybridized carbons (Fsp3) is 0.538. The highest BCUT2D eigenvalue weighted by Gasteiger charge is 2.22. The van der Waals surface area contributed by atoms with Crippen LogP contribution in [-0.2, 0) is 16.1 Å². The Balaban J connectivity index is 2.58. The van der Waals surface area contributed by atoms with E-state index in [9.17, 15) is 4.79 Å². The first-order valence-corrected chi connectivity index (χ1v) is 5.77. The van der Waals surface area contributed by atoms with Crippen LogP contribution in [0.4, 0.5) is 0 Å². The number of carbonyl (C=O) groups is 1. The fourth-order valence-electron chi connectivity index (χ4n) is 1.54. The molecule has 1 heterocycles. The smallest absolute Gasteiger partial charge is 0.323 e. The Morgan fingerprint density at radius 2 is 2.18 bits per heavy atom. The van der Waals surface area contributed by atoms with E-state index in [1.54, 1.807) is 0 Å². The highest BCUT2D eigenvalue weighted by Crippen LogP contribution is 2.05. The van der Waals surface area contributed by atoms with Crippen LogP contribution < -0.4 is 5.32 Å². The SMILES string of the molecule is COC(=O)[C@@H](NCc1ccc(C)cn1)C(C)C. The Kier molecular flexibility index (Phi) is 5.10. The van der Waals surface area contributed by atoms with Crippen molar-refractivity contribution in [2.24, 2.45) is 5.92 Å². The number of hydrogen-bond acceptors (Lipinski definition) is 4. The van der Waals surface area contributed by atoms with E-state index in [-0.39, 0.29) is 17.9 Å². The van der Waals surface area contributed by atoms with Gasteiger partial charge in [-0.3, -0.25) is 15.1 Å². The molecule has 0 amide bonds. The molecule has 0 aliphatic heterocycles. The van der Waals surface area contributed by atoms with Gasteiger partial charge in [-0.1, -0.05) is 19.9 Å². The van der Waals surface area contributed by atoms with Gasteiger partial charge in [0.05, 0.1) is 12.8 Å². The molecule has 94 valence electrons. The van der Waals surface area contributed by atoms with Gasteiger partial charge in [-0.05, 0) is 24.5 Å². The highest BCUT2D eigenvalue weighted by molar-refractivity contribution is 5.75. The summed E-state index contributed by atoms with van der Waals surface area (Å²) >= 11 is 0. The first-order chi connectivity index (χ1) is 8.04. The van der Waals surface area contributed by atoms with Gasteiger partial charge < -0.3 is 4.74 Å². The van der Waals surface area contributed by atoms with Gasteiger partial charge in [-0.15, -0.1) is 0 Å². The molecule has 1 N–H and O–H groups in total. The molecule has 4 nitrogen and oxygen atoms in total. The number of nitrogens with one attached hydrogen (secondary N) is 1. The normalized spacial score (nSPS) is 12.5. The number of rotatable bonds is 5. The standard InChI is InChI=1S/C13H20N2O2/c1-9(2)12(13(16)17-4)15-8-11-6-5-10(3)7-14-11/h5-7,9,12,15H,8H2,1-4H3/t12-/m0/s1. The summed E-state index contributed by atoms with van der Waals surface area (Å²) < 4.78 is 4.76. The third-order valence-corrected chi connectivity index (χ3v) is 2.60. The summed E-state index contributed by atoms with van der Waals surface area (Å²) in [7, 11) is 1.41. The minimum absolute atomic E-state index is 0.188. The van der Waals surface area contributed by atoms with Crippen LogP contribution in [0.1, 0.15) is 25.1 Å². The maximum atomic E-state index is 11.5. The number of pyridine rings is 1. The maximum absolute atomic E-state index is 11.5. The van der Waals surface area contributed by atoms with Gasteiger partial charge in [0, 0.05) is 12.7 Å². The molecule has 1 atom stereocenters. The zero-order valence-corrected chi connectivity index (χ0v) is 10.9. The van der Waals surface area contributed by atoms with Gasteiger partial charge in [-0.2, -0.15) is 0 Å². The second kappa shape index (κ2) is 6.35. The lowest BCUT2D eigenvalue weighted by molar-refractivity contribution is -0.144. The predicted molar refractivity (Wildman–Crippen MR) is 66.5 cm³/mol. The van der Waals surface area contributed by atoms with Gasteiger partial charge in [0.15, 0.2) is 0 Å². The number of carbonyl (C=O) groups excluding carboxylic acids is 1. The lowest BCUT2D eigenvalue weighted by atomic mass is 10.0. The molecule has 4 heteroatoms. The molecule has 0 unspecified atom stereocenters. The fourth-order valence-corrected chi connectivity index (χ4v) is 1.54. The van der Waals surface area contributed by atoms with Gasteiger partial charge in [0.25, 0.3) is 0 Å². The predicted octanol–water partition coefficient (Wildman–Crippen LogP) is 1.68. The number of aromatic nitrogens is 1. The van der Waals surface area contributed by atoms with E-state index in [4.69, 9.17) is 4.74 Å². The summed E-state index contributed by atoms with van der Waals surface area (Å²) in [5, 5.41) is 3.17. The molecule has 0 radical (unpaired) electrons. The number of nitrogens with zero attached hydrogens (tertiary/aromatic N) is 1. The van der Waals surface area contributed by atoms with E-state index in [0.29, 0.717) is 6.54 Å². The Morgan fingerprint density at radius 1 is 1.47 bits per heavy atom. The van der Waals surface area contributed by atoms with Crippen molar-refractivity contribution < 1.29 is 9.53 Å². The zero-order valence-electron chi connectivity index (χ0n) is 10.9. The Labute approximate surface area is 102 Å². The van der Waals surface area contributed by atoms with Gasteiger partial charge in [0.2, 0.25) is 0 Å². The summed E-state index contributed by atoms with van der Waals surface area (Å²) in [4.78, 5) is 15.8. The van der Waals surface area contributed by atoms with Crippen LogP contribution in [0.2, 0.25) is 0 Å². The lowest BCUT2D eigenvalue weighted by Gasteiger charge is -2.19. The van der Waals surface area contributed by atoms with Crippen LogP contribution >= 0.6 is 0 Å². The summed E-state index contributed by atoms with van der Waals surface area (Å²) in [6, 6.07) is 3.67. The van der Waals surface area contributed by atoms with Crippen LogP contribution in [0.5, 0.6) is 0 Å². The second-order valence-corrected chi connectivity index (χ2v) is 4.45. The van der Waals surface area contributed by atoms with Crippen molar-refractivity contribution in [1.82, 2.24) is 10.3 Å². The van der Waals surface area contributed by atoms with Crippen LogP contribution in [0.15, 0.2) is 18.3 Å². The third-order valence-electron chi connectivity index (χ3n) is 2.60. The quantitative estimate of drug-likeness (QED) is 0.790. The molecule has 0 aliphatic carbocycles. The molecule has 0 saturated carbocycles. The van der Waals surface area contributed by atoms with Gasteiger partial charge >= 0.3 is 5.97 Å². The van der Waals surface area contributed by atoms with Crippen LogP contribution in [0, 0.1) is 12.8 Å². The molecule has 0 aliphatic rings. The molecule has 17 heavy (non-hydrogen) atoms. The minimum atomic E-state index is -0.289. The Morgan fingerprint density at radius 3 is 2.65 bits per heavy atom. The first kappa shape index (κ1) is 13.6. The van der Waals surface area contributed by atoms with Crippen molar-refractivity contribution in [1.29, 1.82) is 0 Å². The van der Waals surface area contributed by atoms with Crippen LogP contribution in [-0.4, -0.2) is 24.1 Å². The molecule has 0 spiro atoms. The topological polar surface area (TPSA) is 51.2 Å². The Hall–Kier alpha value is -1.42. The number of methoxy groups -OCH3 is 1. The van der Waals surface area contributed by atoms with Crippen molar-refractivity contribution in [2.75, 3.05) is 7.11 Å². The molecule has 0 fully saturated rings. The van der Waals surface area contributed by atoms with Gasteiger partial charge in [-0.25, -0.2) is 0 Å². The van der Waals surface area contributed by atoms with E-state index < -0.39 is 0 Å². The largest absolute Gasteiger partial charge is 0.468 e. The average Bonchev–Trinajstić information content (AvgIpc) is 2.31. The third kappa shape index (κ3) is 4.15. The summed E-state index contributed by atoms with van der Waals surface area (Å²) in [6.07, 6.45) is 1.82. The van der Waals surface area contributed by atoms with E-state index in [1.807, 2.05) is 39.1 Å². The van der Waals surface area contributed by atoms with E-state index in [0.717, 1.165) is 11.3 Å². The second-order valence-electron chi connectivity index (χ2n) is 4.45. The van der Waals surface area contributed by atoms with Crippen molar-refractivity contribution >= 4 is 5.97 Å². The monoisotopic (exact) mass is 236 g/mol. The first-order valence-electron chi connectivity index (χ1n) is 5.77. The molecule has 0 aromatic carbocycles. The summed E-state index contributed by atoms with van der Waals surface area (Å²) in [5.74, 6) is -0.0417. The molecule has 0 saturated heterocycles. The molecular weight excluding hydrogens is 216 g/mol. The highest BCUT2D eigenvalue weighted by atomic mass is 16.5. The van der Waals surface area contributed by atoms with E-state index >= 15 is 0 Å². The maximum Gasteiger partial charge on any atom is 0.323 e. The molecule has 0 bridgehead atoms. The summed E-state index contributed by atoms with van der Waals surface area (Å²) in [5.41, 5.74) is 2.05. The molecular formula is C13H20N2O2. The molecule has 1 rings (SSSR count). The van der Waals surface area contributed by atoms with Crippen molar-refractivity contribution in [3.63, 3.8) is 0 Å². The van der Waals surface area contributed by atoms with Crippen molar-refractivity contribution in [3.05, 3.63) is 29.6 Å². The van der Waals surface area contributed by atoms with Crippen LogP contribution in [0.25, 0.3) is 0 Å². The number of ether oxygens (including phenoxy) is 1. The lowest BCUT2D eigenvalue weighted by Crippen LogP contribution is -2.41. The Bertz CT molecular complexity index is 360. The number of hydrogen-bond donors (Lipinski definition) is 1. The van der Waals surface area contributed by atoms with Crippen molar-refractivity contribution in [3.8, 4) is 0 Å². The van der Waals surface area contributed by atoms with E-state index in [2.05, 4.69) is 10.3 Å². The summed E-state index contributed by atoms with van der Waals surface area (Å²) in [6.45, 7) is 6.53. The van der Waals surface area contributed by atoms with Crippen molar-refractivity contribution in [2.45, 2.75) is 33.4 Å².